The average Bonchev–Trinajstić information content (AvgIpc) is 3.38. The zero-order valence-corrected chi connectivity index (χ0v) is 23.9. The van der Waals surface area contributed by atoms with Crippen LogP contribution in [0.5, 0.6) is 0 Å². The van der Waals surface area contributed by atoms with Gasteiger partial charge in [0.15, 0.2) is 5.01 Å². The molecule has 0 fully saturated rings. The normalized spacial score (nSPS) is 11.8. The number of hydrogen-bond acceptors (Lipinski definition) is 5. The minimum Gasteiger partial charge on any atom is -0.478 e. The number of carbonyl (C=O) groups excluding carboxylic acids is 1. The number of aromatic nitrogens is 1. The lowest BCUT2D eigenvalue weighted by Crippen LogP contribution is -2.09. The van der Waals surface area contributed by atoms with Gasteiger partial charge in [-0.15, -0.1) is 11.3 Å². The van der Waals surface area contributed by atoms with Crippen molar-refractivity contribution in [2.24, 2.45) is 5.92 Å². The number of ether oxygens (including phenoxy) is 1. The van der Waals surface area contributed by atoms with Crippen LogP contribution < -0.4 is 0 Å². The van der Waals surface area contributed by atoms with Gasteiger partial charge in [0.05, 0.1) is 15.7 Å². The van der Waals surface area contributed by atoms with Crippen molar-refractivity contribution in [3.8, 4) is 11.3 Å². The Labute approximate surface area is 236 Å². The zero-order valence-electron chi connectivity index (χ0n) is 21.5. The lowest BCUT2D eigenvalue weighted by Gasteiger charge is -2.12. The molecule has 0 aliphatic rings. The molecule has 38 heavy (non-hydrogen) atoms. The number of aliphatic carboxylic acids is 1. The van der Waals surface area contributed by atoms with Crippen molar-refractivity contribution in [3.05, 3.63) is 78.8 Å². The van der Waals surface area contributed by atoms with Gasteiger partial charge in [-0.1, -0.05) is 62.0 Å². The van der Waals surface area contributed by atoms with E-state index in [-0.39, 0.29) is 32.0 Å². The predicted molar refractivity (Wildman–Crippen MR) is 152 cm³/mol. The number of carboxylic acid groups (broad SMARTS) is 1. The van der Waals surface area contributed by atoms with Crippen LogP contribution in [-0.4, -0.2) is 35.1 Å². The van der Waals surface area contributed by atoms with Crippen molar-refractivity contribution in [2.45, 2.75) is 46.5 Å². The van der Waals surface area contributed by atoms with Crippen LogP contribution in [0, 0.1) is 11.7 Å². The Hall–Kier alpha value is -2.58. The van der Waals surface area contributed by atoms with Gasteiger partial charge >= 0.3 is 5.97 Å². The highest BCUT2D eigenvalue weighted by atomic mass is 35.5. The summed E-state index contributed by atoms with van der Waals surface area (Å²) in [4.78, 5) is 28.6. The molecule has 5 nitrogen and oxygen atoms in total. The van der Waals surface area contributed by atoms with E-state index in [1.54, 1.807) is 23.6 Å². The Balaban J connectivity index is 1.73. The number of aryl methyl sites for hydroxylation is 1. The maximum atomic E-state index is 15.3. The maximum Gasteiger partial charge on any atom is 0.331 e. The lowest BCUT2D eigenvalue weighted by molar-refractivity contribution is -0.132. The van der Waals surface area contributed by atoms with E-state index in [9.17, 15) is 9.59 Å². The molecule has 0 radical (unpaired) electrons. The number of carbonyl (C=O) groups is 2. The highest BCUT2D eigenvalue weighted by Gasteiger charge is 2.20. The molecule has 0 saturated heterocycles. The Morgan fingerprint density at radius 3 is 2.50 bits per heavy atom. The minimum atomic E-state index is -1.10. The molecule has 1 heterocycles. The van der Waals surface area contributed by atoms with Crippen LogP contribution in [0.4, 0.5) is 4.39 Å². The minimum absolute atomic E-state index is 0.0517. The smallest absolute Gasteiger partial charge is 0.331 e. The summed E-state index contributed by atoms with van der Waals surface area (Å²) in [5.74, 6) is -1.32. The van der Waals surface area contributed by atoms with E-state index in [1.807, 2.05) is 0 Å². The van der Waals surface area contributed by atoms with Gasteiger partial charge in [-0.25, -0.2) is 14.2 Å². The van der Waals surface area contributed by atoms with Gasteiger partial charge in [-0.2, -0.15) is 0 Å². The second-order valence-corrected chi connectivity index (χ2v) is 10.7. The second kappa shape index (κ2) is 14.0. The number of rotatable bonds is 13. The molecule has 0 saturated carbocycles. The van der Waals surface area contributed by atoms with Gasteiger partial charge in [-0.05, 0) is 55.5 Å². The van der Waals surface area contributed by atoms with E-state index in [0.717, 1.165) is 30.8 Å². The summed E-state index contributed by atoms with van der Waals surface area (Å²) >= 11 is 13.7. The molecule has 3 rings (SSSR count). The molecule has 0 amide bonds. The lowest BCUT2D eigenvalue weighted by atomic mass is 10.0. The summed E-state index contributed by atoms with van der Waals surface area (Å²) in [5.41, 5.74) is 1.84. The third-order valence-corrected chi connectivity index (χ3v) is 7.80. The van der Waals surface area contributed by atoms with Gasteiger partial charge in [0.25, 0.3) is 0 Å². The number of ketones is 1. The molecular formula is C29H30Cl2FNO4S. The monoisotopic (exact) mass is 577 g/mol. The zero-order chi connectivity index (χ0) is 27.8. The molecule has 0 aliphatic heterocycles. The van der Waals surface area contributed by atoms with Gasteiger partial charge in [0.2, 0.25) is 5.78 Å². The van der Waals surface area contributed by atoms with Crippen LogP contribution in [0.3, 0.4) is 0 Å². The summed E-state index contributed by atoms with van der Waals surface area (Å²) in [6.07, 6.45) is 4.76. The fourth-order valence-corrected chi connectivity index (χ4v) is 5.24. The van der Waals surface area contributed by atoms with Crippen LogP contribution in [-0.2, 0) is 16.0 Å². The SMILES string of the molecule is CCC(CC)COCCCc1cccc(-c2csc(C(=O)c3cc(Cl)c(/C=C(\C)C(=O)O)c(Cl)c3)n2)c1F. The first-order valence-electron chi connectivity index (χ1n) is 12.4. The molecule has 0 spiro atoms. The van der Waals surface area contributed by atoms with Crippen LogP contribution in [0.25, 0.3) is 17.3 Å². The van der Waals surface area contributed by atoms with Gasteiger partial charge in [0, 0.05) is 40.9 Å². The Morgan fingerprint density at radius 2 is 1.87 bits per heavy atom. The van der Waals surface area contributed by atoms with Crippen LogP contribution in [0.2, 0.25) is 10.0 Å². The second-order valence-electron chi connectivity index (χ2n) is 8.99. The van der Waals surface area contributed by atoms with Crippen LogP contribution in [0.15, 0.2) is 41.3 Å². The predicted octanol–water partition coefficient (Wildman–Crippen LogP) is 8.36. The topological polar surface area (TPSA) is 76.5 Å². The summed E-state index contributed by atoms with van der Waals surface area (Å²) in [6.45, 7) is 7.02. The highest BCUT2D eigenvalue weighted by molar-refractivity contribution is 7.12. The van der Waals surface area contributed by atoms with Gasteiger partial charge < -0.3 is 9.84 Å². The van der Waals surface area contributed by atoms with Crippen molar-refractivity contribution in [1.29, 1.82) is 0 Å². The van der Waals surface area contributed by atoms with Crippen LogP contribution in [0.1, 0.15) is 66.5 Å². The first-order valence-corrected chi connectivity index (χ1v) is 14.1. The summed E-state index contributed by atoms with van der Waals surface area (Å²) in [5, 5.41) is 11.2. The number of hydrogen-bond donors (Lipinski definition) is 1. The third-order valence-electron chi connectivity index (χ3n) is 6.34. The van der Waals surface area contributed by atoms with Crippen molar-refractivity contribution in [2.75, 3.05) is 13.2 Å². The van der Waals surface area contributed by atoms with Crippen molar-refractivity contribution in [1.82, 2.24) is 4.98 Å². The molecule has 202 valence electrons. The molecule has 1 aromatic heterocycles. The Morgan fingerprint density at radius 1 is 1.18 bits per heavy atom. The number of nitrogens with zero attached hydrogens (tertiary/aromatic N) is 1. The van der Waals surface area contributed by atoms with E-state index in [1.165, 1.54) is 25.1 Å². The van der Waals surface area contributed by atoms with E-state index >= 15 is 4.39 Å². The fourth-order valence-electron chi connectivity index (χ4n) is 3.87. The quantitative estimate of drug-likeness (QED) is 0.125. The van der Waals surface area contributed by atoms with Gasteiger partial charge in [0.1, 0.15) is 5.82 Å². The van der Waals surface area contributed by atoms with E-state index in [4.69, 9.17) is 33.0 Å². The molecular weight excluding hydrogens is 548 g/mol. The number of halogens is 3. The van der Waals surface area contributed by atoms with E-state index in [0.29, 0.717) is 47.8 Å². The highest BCUT2D eigenvalue weighted by Crippen LogP contribution is 2.32. The largest absolute Gasteiger partial charge is 0.478 e. The van der Waals surface area contributed by atoms with E-state index < -0.39 is 11.8 Å². The third kappa shape index (κ3) is 7.50. The molecule has 3 aromatic rings. The van der Waals surface area contributed by atoms with Crippen molar-refractivity contribution >= 4 is 52.4 Å². The molecule has 0 bridgehead atoms. The molecule has 0 atom stereocenters. The fraction of sp³-hybridized carbons (Fsp3) is 0.345. The standard InChI is InChI=1S/C29H30Cl2FNO4S/c1-4-18(5-2)15-37-11-7-9-19-8-6-10-21(26(19)32)25-16-38-28(33-25)27(34)20-13-23(30)22(24(31)14-20)12-17(3)29(35)36/h6,8,10,12-14,16,18H,4-5,7,9,11,15H2,1-3H3,(H,35,36)/b17-12+. The molecule has 0 aliphatic carbocycles. The molecule has 9 heteroatoms. The van der Waals surface area contributed by atoms with Crippen LogP contribution >= 0.6 is 34.5 Å². The average molecular weight is 579 g/mol. The van der Waals surface area contributed by atoms with E-state index in [2.05, 4.69) is 18.8 Å². The molecule has 0 unspecified atom stereocenters. The van der Waals surface area contributed by atoms with Gasteiger partial charge in [-0.3, -0.25) is 4.79 Å². The number of benzene rings is 2. The Bertz CT molecular complexity index is 1310. The van der Waals surface area contributed by atoms with Crippen molar-refractivity contribution in [3.63, 3.8) is 0 Å². The first-order chi connectivity index (χ1) is 18.2. The summed E-state index contributed by atoms with van der Waals surface area (Å²) in [7, 11) is 0. The Kier molecular flexibility index (Phi) is 11.0. The van der Waals surface area contributed by atoms with Crippen molar-refractivity contribution < 1.29 is 23.8 Å². The first kappa shape index (κ1) is 30.0. The summed E-state index contributed by atoms with van der Waals surface area (Å²) < 4.78 is 21.1. The number of thiazole rings is 1. The number of carboxylic acids is 1. The maximum absolute atomic E-state index is 15.3. The molecule has 1 N–H and O–H groups in total. The summed E-state index contributed by atoms with van der Waals surface area (Å²) in [6, 6.07) is 8.02. The molecule has 2 aromatic carbocycles.